The number of hydrogen-bond donors (Lipinski definition) is 0. The van der Waals surface area contributed by atoms with Crippen LogP contribution in [0.1, 0.15) is 6.42 Å². The zero-order chi connectivity index (χ0) is 24.4. The number of ether oxygens (including phenoxy) is 2. The van der Waals surface area contributed by atoms with Gasteiger partial charge in [0.25, 0.3) is 5.69 Å². The SMILES string of the molecule is COc1ccc(N2CC(C(=O)N3CCN(c4ccc(Cl)cc4[N+](=O)[O-])CC3)CC2=O)cc1OC. The molecule has 2 aromatic carbocycles. The van der Waals surface area contributed by atoms with Gasteiger partial charge < -0.3 is 24.2 Å². The molecule has 2 heterocycles. The van der Waals surface area contributed by atoms with Crippen molar-refractivity contribution in [2.24, 2.45) is 5.92 Å². The Labute approximate surface area is 201 Å². The van der Waals surface area contributed by atoms with Crippen molar-refractivity contribution in [1.82, 2.24) is 4.90 Å². The van der Waals surface area contributed by atoms with E-state index in [-0.39, 0.29) is 30.5 Å². The molecule has 180 valence electrons. The fourth-order valence-corrected chi connectivity index (χ4v) is 4.62. The molecule has 2 aliphatic heterocycles. The third-order valence-corrected chi connectivity index (χ3v) is 6.45. The summed E-state index contributed by atoms with van der Waals surface area (Å²) in [6.45, 7) is 2.03. The fourth-order valence-electron chi connectivity index (χ4n) is 4.45. The first-order valence-corrected chi connectivity index (χ1v) is 11.2. The smallest absolute Gasteiger partial charge is 0.294 e. The number of benzene rings is 2. The molecule has 10 nitrogen and oxygen atoms in total. The van der Waals surface area contributed by atoms with Crippen LogP contribution in [0.15, 0.2) is 36.4 Å². The lowest BCUT2D eigenvalue weighted by atomic mass is 10.1. The zero-order valence-corrected chi connectivity index (χ0v) is 19.7. The Morgan fingerprint density at radius 2 is 1.76 bits per heavy atom. The van der Waals surface area contributed by atoms with Crippen molar-refractivity contribution in [2.75, 3.05) is 56.7 Å². The summed E-state index contributed by atoms with van der Waals surface area (Å²) in [5, 5.41) is 11.7. The number of amides is 2. The van der Waals surface area contributed by atoms with E-state index in [1.807, 2.05) is 4.90 Å². The lowest BCUT2D eigenvalue weighted by Gasteiger charge is -2.36. The fraction of sp³-hybridized carbons (Fsp3) is 0.391. The molecule has 4 rings (SSSR count). The molecule has 0 spiro atoms. The van der Waals surface area contributed by atoms with E-state index in [1.165, 1.54) is 20.3 Å². The Balaban J connectivity index is 1.41. The lowest BCUT2D eigenvalue weighted by molar-refractivity contribution is -0.384. The third-order valence-electron chi connectivity index (χ3n) is 6.22. The summed E-state index contributed by atoms with van der Waals surface area (Å²) >= 11 is 5.92. The van der Waals surface area contributed by atoms with Crippen LogP contribution in [0, 0.1) is 16.0 Å². The predicted molar refractivity (Wildman–Crippen MR) is 127 cm³/mol. The predicted octanol–water partition coefficient (Wildman–Crippen LogP) is 2.97. The van der Waals surface area contributed by atoms with Crippen LogP contribution in [0.4, 0.5) is 17.1 Å². The highest BCUT2D eigenvalue weighted by Gasteiger charge is 2.38. The molecule has 2 aliphatic rings. The van der Waals surface area contributed by atoms with Crippen molar-refractivity contribution in [3.05, 3.63) is 51.5 Å². The summed E-state index contributed by atoms with van der Waals surface area (Å²) < 4.78 is 10.6. The second-order valence-electron chi connectivity index (χ2n) is 8.15. The summed E-state index contributed by atoms with van der Waals surface area (Å²) in [5.41, 5.74) is 1.08. The summed E-state index contributed by atoms with van der Waals surface area (Å²) in [6, 6.07) is 9.81. The third kappa shape index (κ3) is 4.58. The van der Waals surface area contributed by atoms with E-state index in [0.29, 0.717) is 54.1 Å². The summed E-state index contributed by atoms with van der Waals surface area (Å²) in [6.07, 6.45) is 0.135. The lowest BCUT2D eigenvalue weighted by Crippen LogP contribution is -2.50. The minimum Gasteiger partial charge on any atom is -0.493 e. The van der Waals surface area contributed by atoms with Crippen LogP contribution in [0.3, 0.4) is 0 Å². The van der Waals surface area contributed by atoms with Gasteiger partial charge in [0.1, 0.15) is 5.69 Å². The molecule has 2 amide bonds. The van der Waals surface area contributed by atoms with Crippen molar-refractivity contribution in [3.63, 3.8) is 0 Å². The molecular formula is C23H25ClN4O6. The Morgan fingerprint density at radius 3 is 2.41 bits per heavy atom. The van der Waals surface area contributed by atoms with Gasteiger partial charge in [0.05, 0.1) is 25.1 Å². The summed E-state index contributed by atoms with van der Waals surface area (Å²) in [4.78, 5) is 42.0. The van der Waals surface area contributed by atoms with Gasteiger partial charge >= 0.3 is 0 Å². The molecular weight excluding hydrogens is 464 g/mol. The zero-order valence-electron chi connectivity index (χ0n) is 18.9. The molecule has 0 aromatic heterocycles. The van der Waals surface area contributed by atoms with Crippen LogP contribution < -0.4 is 19.3 Å². The maximum Gasteiger partial charge on any atom is 0.294 e. The van der Waals surface area contributed by atoms with E-state index in [4.69, 9.17) is 21.1 Å². The molecule has 0 radical (unpaired) electrons. The van der Waals surface area contributed by atoms with Crippen LogP contribution in [0.2, 0.25) is 5.02 Å². The van der Waals surface area contributed by atoms with E-state index in [1.54, 1.807) is 40.1 Å². The van der Waals surface area contributed by atoms with Crippen molar-refractivity contribution < 1.29 is 24.0 Å². The second-order valence-corrected chi connectivity index (χ2v) is 8.58. The number of nitrogens with zero attached hydrogens (tertiary/aromatic N) is 4. The van der Waals surface area contributed by atoms with E-state index in [9.17, 15) is 19.7 Å². The molecule has 2 saturated heterocycles. The summed E-state index contributed by atoms with van der Waals surface area (Å²) in [7, 11) is 3.07. The number of carbonyl (C=O) groups excluding carboxylic acids is 2. The highest BCUT2D eigenvalue weighted by atomic mass is 35.5. The van der Waals surface area contributed by atoms with Crippen molar-refractivity contribution in [3.8, 4) is 11.5 Å². The number of nitro groups is 1. The van der Waals surface area contributed by atoms with Gasteiger partial charge in [-0.2, -0.15) is 0 Å². The van der Waals surface area contributed by atoms with E-state index >= 15 is 0 Å². The van der Waals surface area contributed by atoms with Gasteiger partial charge in [0.2, 0.25) is 11.8 Å². The molecule has 0 N–H and O–H groups in total. The molecule has 0 bridgehead atoms. The molecule has 2 fully saturated rings. The van der Waals surface area contributed by atoms with Crippen molar-refractivity contribution >= 4 is 40.5 Å². The summed E-state index contributed by atoms with van der Waals surface area (Å²) in [5.74, 6) is 0.416. The van der Waals surface area contributed by atoms with E-state index in [0.717, 1.165) is 0 Å². The van der Waals surface area contributed by atoms with Crippen LogP contribution in [-0.4, -0.2) is 68.6 Å². The van der Waals surface area contributed by atoms with Crippen LogP contribution in [0.5, 0.6) is 11.5 Å². The molecule has 34 heavy (non-hydrogen) atoms. The molecule has 1 atom stereocenters. The Hall–Kier alpha value is -3.53. The van der Waals surface area contributed by atoms with Gasteiger partial charge in [-0.05, 0) is 24.3 Å². The molecule has 0 aliphatic carbocycles. The molecule has 1 unspecified atom stereocenters. The van der Waals surface area contributed by atoms with E-state index in [2.05, 4.69) is 0 Å². The van der Waals surface area contributed by atoms with Gasteiger partial charge in [0, 0.05) is 62.0 Å². The number of carbonyl (C=O) groups is 2. The van der Waals surface area contributed by atoms with Gasteiger partial charge in [0.15, 0.2) is 11.5 Å². The number of methoxy groups -OCH3 is 2. The first-order valence-electron chi connectivity index (χ1n) is 10.8. The van der Waals surface area contributed by atoms with Gasteiger partial charge in [-0.25, -0.2) is 0 Å². The Kier molecular flexibility index (Phi) is 6.78. The highest BCUT2D eigenvalue weighted by Crippen LogP contribution is 2.35. The normalized spacial score (nSPS) is 18.3. The van der Waals surface area contributed by atoms with E-state index < -0.39 is 10.8 Å². The average Bonchev–Trinajstić information content (AvgIpc) is 3.24. The standard InChI is InChI=1S/C23H25ClN4O6/c1-33-20-6-4-17(13-21(20)34-2)27-14-15(11-22(27)29)23(30)26-9-7-25(8-10-26)18-5-3-16(24)12-19(18)28(31)32/h3-6,12-13,15H,7-11,14H2,1-2H3. The van der Waals surface area contributed by atoms with Crippen LogP contribution >= 0.6 is 11.6 Å². The monoisotopic (exact) mass is 488 g/mol. The number of rotatable bonds is 6. The molecule has 11 heteroatoms. The maximum atomic E-state index is 13.2. The first-order chi connectivity index (χ1) is 16.3. The van der Waals surface area contributed by atoms with Crippen molar-refractivity contribution in [1.29, 1.82) is 0 Å². The molecule has 2 aromatic rings. The minimum absolute atomic E-state index is 0.0563. The number of nitro benzene ring substituents is 1. The topological polar surface area (TPSA) is 105 Å². The minimum atomic E-state index is -0.453. The van der Waals surface area contributed by atoms with Gasteiger partial charge in [-0.15, -0.1) is 0 Å². The van der Waals surface area contributed by atoms with Crippen LogP contribution in [0.25, 0.3) is 0 Å². The largest absolute Gasteiger partial charge is 0.493 e. The highest BCUT2D eigenvalue weighted by molar-refractivity contribution is 6.30. The number of halogens is 1. The maximum absolute atomic E-state index is 13.2. The van der Waals surface area contributed by atoms with Gasteiger partial charge in [-0.3, -0.25) is 19.7 Å². The Morgan fingerprint density at radius 1 is 1.06 bits per heavy atom. The first kappa shape index (κ1) is 23.6. The Bertz CT molecular complexity index is 1120. The quantitative estimate of drug-likeness (QED) is 0.454. The van der Waals surface area contributed by atoms with Gasteiger partial charge in [-0.1, -0.05) is 11.6 Å². The average molecular weight is 489 g/mol. The van der Waals surface area contributed by atoms with Crippen molar-refractivity contribution in [2.45, 2.75) is 6.42 Å². The van der Waals surface area contributed by atoms with Crippen LogP contribution in [-0.2, 0) is 9.59 Å². The number of hydrogen-bond acceptors (Lipinski definition) is 7. The molecule has 0 saturated carbocycles. The second kappa shape index (κ2) is 9.76. The number of anilines is 2. The number of piperazine rings is 1.